The molecule has 0 heterocycles. The van der Waals surface area contributed by atoms with Crippen LogP contribution in [0, 0.1) is 5.92 Å². The summed E-state index contributed by atoms with van der Waals surface area (Å²) >= 11 is 0. The summed E-state index contributed by atoms with van der Waals surface area (Å²) in [4.78, 5) is 2.73. The van der Waals surface area contributed by atoms with E-state index in [1.54, 1.807) is 0 Å². The van der Waals surface area contributed by atoms with Crippen LogP contribution in [0.2, 0.25) is 0 Å². The molecule has 2 aliphatic carbocycles. The standard InChI is InChI=1S/C15H29NO/c1-3-12-9-10-14(17)11-15(12)16(4-2)13-7-5-6-8-13/h12-15,17H,3-11H2,1-2H3. The third-order valence-corrected chi connectivity index (χ3v) is 5.04. The Morgan fingerprint density at radius 2 is 1.76 bits per heavy atom. The van der Waals surface area contributed by atoms with E-state index in [1.165, 1.54) is 45.1 Å². The SMILES string of the molecule is CCC1CCC(O)CC1N(CC)C1CCCC1. The second-order valence-corrected chi connectivity index (χ2v) is 5.97. The maximum Gasteiger partial charge on any atom is 0.0555 e. The fourth-order valence-corrected chi connectivity index (χ4v) is 4.07. The van der Waals surface area contributed by atoms with Gasteiger partial charge in [0, 0.05) is 12.1 Å². The van der Waals surface area contributed by atoms with Gasteiger partial charge in [0.05, 0.1) is 6.10 Å². The second-order valence-electron chi connectivity index (χ2n) is 5.97. The van der Waals surface area contributed by atoms with Crippen molar-refractivity contribution in [3.63, 3.8) is 0 Å². The van der Waals surface area contributed by atoms with Crippen molar-refractivity contribution < 1.29 is 5.11 Å². The average Bonchev–Trinajstić information content (AvgIpc) is 2.84. The molecule has 0 bridgehead atoms. The summed E-state index contributed by atoms with van der Waals surface area (Å²) in [5.74, 6) is 0.818. The minimum absolute atomic E-state index is 0.0433. The average molecular weight is 239 g/mol. The van der Waals surface area contributed by atoms with Crippen molar-refractivity contribution in [1.82, 2.24) is 4.90 Å². The van der Waals surface area contributed by atoms with Gasteiger partial charge in [-0.25, -0.2) is 0 Å². The first kappa shape index (κ1) is 13.4. The Kier molecular flexibility index (Phi) is 4.87. The van der Waals surface area contributed by atoms with E-state index >= 15 is 0 Å². The Morgan fingerprint density at radius 3 is 2.35 bits per heavy atom. The second kappa shape index (κ2) is 6.19. The summed E-state index contributed by atoms with van der Waals surface area (Å²) in [5.41, 5.74) is 0. The molecule has 0 radical (unpaired) electrons. The van der Waals surface area contributed by atoms with Crippen LogP contribution in [0.15, 0.2) is 0 Å². The molecule has 17 heavy (non-hydrogen) atoms. The molecule has 100 valence electrons. The van der Waals surface area contributed by atoms with E-state index in [9.17, 15) is 5.11 Å². The molecule has 0 aromatic heterocycles. The normalized spacial score (nSPS) is 35.6. The van der Waals surface area contributed by atoms with Gasteiger partial charge < -0.3 is 5.11 Å². The lowest BCUT2D eigenvalue weighted by molar-refractivity contribution is 0.00889. The van der Waals surface area contributed by atoms with E-state index in [4.69, 9.17) is 0 Å². The summed E-state index contributed by atoms with van der Waals surface area (Å²) in [7, 11) is 0. The molecule has 0 saturated heterocycles. The molecule has 0 spiro atoms. The predicted molar refractivity (Wildman–Crippen MR) is 72.1 cm³/mol. The Bertz CT molecular complexity index is 225. The van der Waals surface area contributed by atoms with Crippen molar-refractivity contribution in [3.8, 4) is 0 Å². The van der Waals surface area contributed by atoms with Crippen molar-refractivity contribution in [3.05, 3.63) is 0 Å². The third kappa shape index (κ3) is 3.03. The Balaban J connectivity index is 2.03. The van der Waals surface area contributed by atoms with Gasteiger partial charge in [-0.2, -0.15) is 0 Å². The minimum Gasteiger partial charge on any atom is -0.393 e. The molecule has 2 heteroatoms. The van der Waals surface area contributed by atoms with Crippen LogP contribution in [0.5, 0.6) is 0 Å². The van der Waals surface area contributed by atoms with Gasteiger partial charge in [-0.1, -0.05) is 33.1 Å². The van der Waals surface area contributed by atoms with Crippen LogP contribution in [-0.4, -0.2) is 34.7 Å². The molecule has 3 atom stereocenters. The lowest BCUT2D eigenvalue weighted by atomic mass is 9.80. The summed E-state index contributed by atoms with van der Waals surface area (Å²) in [6, 6.07) is 1.46. The molecule has 3 unspecified atom stereocenters. The molecule has 0 aromatic carbocycles. The fraction of sp³-hybridized carbons (Fsp3) is 1.00. The predicted octanol–water partition coefficient (Wildman–Crippen LogP) is 3.19. The number of aliphatic hydroxyl groups excluding tert-OH is 1. The molecule has 0 amide bonds. The van der Waals surface area contributed by atoms with Crippen LogP contribution in [-0.2, 0) is 0 Å². The largest absolute Gasteiger partial charge is 0.393 e. The highest BCUT2D eigenvalue weighted by Crippen LogP contribution is 2.35. The third-order valence-electron chi connectivity index (χ3n) is 5.04. The summed E-state index contributed by atoms with van der Waals surface area (Å²) < 4.78 is 0. The summed E-state index contributed by atoms with van der Waals surface area (Å²) in [6.45, 7) is 5.78. The molecule has 2 saturated carbocycles. The first-order valence-electron chi connectivity index (χ1n) is 7.70. The number of aliphatic hydroxyl groups is 1. The zero-order chi connectivity index (χ0) is 12.3. The van der Waals surface area contributed by atoms with E-state index in [0.717, 1.165) is 24.8 Å². The topological polar surface area (TPSA) is 23.5 Å². The first-order chi connectivity index (χ1) is 8.26. The Morgan fingerprint density at radius 1 is 1.06 bits per heavy atom. The van der Waals surface area contributed by atoms with Crippen molar-refractivity contribution in [2.24, 2.45) is 5.92 Å². The van der Waals surface area contributed by atoms with Gasteiger partial charge in [0.2, 0.25) is 0 Å². The van der Waals surface area contributed by atoms with Crippen LogP contribution < -0.4 is 0 Å². The zero-order valence-electron chi connectivity index (χ0n) is 11.6. The smallest absolute Gasteiger partial charge is 0.0555 e. The molecule has 0 aromatic rings. The molecule has 2 nitrogen and oxygen atoms in total. The first-order valence-corrected chi connectivity index (χ1v) is 7.70. The molecule has 2 aliphatic rings. The molecular weight excluding hydrogens is 210 g/mol. The zero-order valence-corrected chi connectivity index (χ0v) is 11.6. The van der Waals surface area contributed by atoms with Crippen LogP contribution in [0.1, 0.15) is 65.2 Å². The lowest BCUT2D eigenvalue weighted by Gasteiger charge is -2.44. The van der Waals surface area contributed by atoms with Crippen molar-refractivity contribution in [2.75, 3.05) is 6.54 Å². The van der Waals surface area contributed by atoms with Gasteiger partial charge in [0.1, 0.15) is 0 Å². The number of hydrogen-bond acceptors (Lipinski definition) is 2. The van der Waals surface area contributed by atoms with Gasteiger partial charge >= 0.3 is 0 Å². The highest BCUT2D eigenvalue weighted by atomic mass is 16.3. The van der Waals surface area contributed by atoms with Gasteiger partial charge in [-0.05, 0) is 44.6 Å². The fourth-order valence-electron chi connectivity index (χ4n) is 4.07. The highest BCUT2D eigenvalue weighted by molar-refractivity contribution is 4.90. The van der Waals surface area contributed by atoms with Gasteiger partial charge in [0.15, 0.2) is 0 Å². The highest BCUT2D eigenvalue weighted by Gasteiger charge is 2.35. The maximum atomic E-state index is 9.95. The number of hydrogen-bond donors (Lipinski definition) is 1. The number of rotatable bonds is 4. The quantitative estimate of drug-likeness (QED) is 0.814. The molecule has 0 aliphatic heterocycles. The van der Waals surface area contributed by atoms with Crippen LogP contribution in [0.3, 0.4) is 0 Å². The van der Waals surface area contributed by atoms with E-state index < -0.39 is 0 Å². The van der Waals surface area contributed by atoms with Gasteiger partial charge in [-0.15, -0.1) is 0 Å². The summed E-state index contributed by atoms with van der Waals surface area (Å²) in [5, 5.41) is 9.95. The molecule has 1 N–H and O–H groups in total. The van der Waals surface area contributed by atoms with E-state index in [2.05, 4.69) is 18.7 Å². The Labute approximate surface area is 106 Å². The van der Waals surface area contributed by atoms with Gasteiger partial charge in [-0.3, -0.25) is 4.90 Å². The monoisotopic (exact) mass is 239 g/mol. The van der Waals surface area contributed by atoms with E-state index in [0.29, 0.717) is 6.04 Å². The minimum atomic E-state index is -0.0433. The van der Waals surface area contributed by atoms with E-state index in [-0.39, 0.29) is 6.10 Å². The maximum absolute atomic E-state index is 9.95. The van der Waals surface area contributed by atoms with Gasteiger partial charge in [0.25, 0.3) is 0 Å². The van der Waals surface area contributed by atoms with Crippen molar-refractivity contribution >= 4 is 0 Å². The molecular formula is C15H29NO. The summed E-state index contributed by atoms with van der Waals surface area (Å²) in [6.07, 6.45) is 10.1. The molecule has 2 rings (SSSR count). The van der Waals surface area contributed by atoms with Crippen LogP contribution >= 0.6 is 0 Å². The number of nitrogens with zero attached hydrogens (tertiary/aromatic N) is 1. The Hall–Kier alpha value is -0.0800. The lowest BCUT2D eigenvalue weighted by Crippen LogP contribution is -2.49. The van der Waals surface area contributed by atoms with Crippen LogP contribution in [0.25, 0.3) is 0 Å². The molecule has 2 fully saturated rings. The van der Waals surface area contributed by atoms with Crippen LogP contribution in [0.4, 0.5) is 0 Å². The van der Waals surface area contributed by atoms with Crippen molar-refractivity contribution in [1.29, 1.82) is 0 Å². The van der Waals surface area contributed by atoms with Crippen molar-refractivity contribution in [2.45, 2.75) is 83.4 Å². The van der Waals surface area contributed by atoms with E-state index in [1.807, 2.05) is 0 Å².